The van der Waals surface area contributed by atoms with E-state index in [9.17, 15) is 14.7 Å². The van der Waals surface area contributed by atoms with Crippen molar-refractivity contribution in [3.63, 3.8) is 0 Å². The molecule has 0 aromatic heterocycles. The van der Waals surface area contributed by atoms with Crippen LogP contribution >= 0.6 is 0 Å². The summed E-state index contributed by atoms with van der Waals surface area (Å²) in [6, 6.07) is 12.1. The second-order valence-electron chi connectivity index (χ2n) is 5.88. The molecule has 0 fully saturated rings. The lowest BCUT2D eigenvalue weighted by molar-refractivity contribution is -0.133. The maximum absolute atomic E-state index is 12.5. The van der Waals surface area contributed by atoms with Crippen LogP contribution in [0, 0.1) is 0 Å². The molecule has 124 valence electrons. The minimum Gasteiger partial charge on any atom is -0.497 e. The topological polar surface area (TPSA) is 75.6 Å². The van der Waals surface area contributed by atoms with Crippen molar-refractivity contribution >= 4 is 17.4 Å². The van der Waals surface area contributed by atoms with Gasteiger partial charge in [-0.1, -0.05) is 19.1 Å². The van der Waals surface area contributed by atoms with E-state index in [1.807, 2.05) is 13.0 Å². The van der Waals surface area contributed by atoms with Crippen LogP contribution in [0.15, 0.2) is 42.5 Å². The normalized spacial score (nSPS) is 18.9. The molecule has 2 N–H and O–H groups in total. The first-order valence-electron chi connectivity index (χ1n) is 7.82. The van der Waals surface area contributed by atoms with Crippen LogP contribution in [-0.2, 0) is 16.8 Å². The number of anilines is 1. The minimum atomic E-state index is -1.84. The van der Waals surface area contributed by atoms with Crippen LogP contribution < -0.4 is 10.1 Å². The molecule has 0 aliphatic carbocycles. The number of rotatable bonds is 5. The second-order valence-corrected chi connectivity index (χ2v) is 5.88. The molecule has 5 heteroatoms. The molecule has 0 bridgehead atoms. The van der Waals surface area contributed by atoms with E-state index < -0.39 is 11.5 Å². The van der Waals surface area contributed by atoms with Gasteiger partial charge >= 0.3 is 0 Å². The molecule has 0 radical (unpaired) electrons. The number of methoxy groups -OCH3 is 1. The third-order valence-corrected chi connectivity index (χ3v) is 4.39. The predicted molar refractivity (Wildman–Crippen MR) is 90.3 cm³/mol. The number of aliphatic hydroxyl groups is 1. The van der Waals surface area contributed by atoms with Crippen LogP contribution in [0.5, 0.6) is 5.75 Å². The smallest absolute Gasteiger partial charge is 0.261 e. The molecule has 1 aliphatic rings. The van der Waals surface area contributed by atoms with E-state index in [4.69, 9.17) is 4.74 Å². The molecule has 1 atom stereocenters. The number of nitrogens with one attached hydrogen (secondary N) is 1. The van der Waals surface area contributed by atoms with Gasteiger partial charge in [-0.2, -0.15) is 0 Å². The number of benzene rings is 2. The van der Waals surface area contributed by atoms with Crippen LogP contribution in [0.4, 0.5) is 5.69 Å². The van der Waals surface area contributed by atoms with Gasteiger partial charge < -0.3 is 15.2 Å². The van der Waals surface area contributed by atoms with Gasteiger partial charge in [0.15, 0.2) is 11.4 Å². The van der Waals surface area contributed by atoms with E-state index >= 15 is 0 Å². The Kier molecular flexibility index (Phi) is 4.11. The molecule has 5 nitrogen and oxygen atoms in total. The summed E-state index contributed by atoms with van der Waals surface area (Å²) in [6.07, 6.45) is 0.481. The summed E-state index contributed by atoms with van der Waals surface area (Å²) < 4.78 is 5.07. The zero-order chi connectivity index (χ0) is 17.3. The Bertz CT molecular complexity index is 798. The van der Waals surface area contributed by atoms with Crippen molar-refractivity contribution in [1.29, 1.82) is 0 Å². The molecule has 0 saturated carbocycles. The lowest BCUT2D eigenvalue weighted by Gasteiger charge is -2.20. The number of carbonyl (C=O) groups excluding carboxylic acids is 2. The van der Waals surface area contributed by atoms with Gasteiger partial charge in [0.2, 0.25) is 0 Å². The highest BCUT2D eigenvalue weighted by molar-refractivity contribution is 6.09. The molecule has 2 aromatic carbocycles. The fraction of sp³-hybridized carbons (Fsp3) is 0.263. The summed E-state index contributed by atoms with van der Waals surface area (Å²) in [5.41, 5.74) is 0.617. The number of amides is 1. The molecule has 1 heterocycles. The molecule has 3 rings (SSSR count). The quantitative estimate of drug-likeness (QED) is 0.829. The molecular formula is C19H19NO4. The molecule has 2 aromatic rings. The van der Waals surface area contributed by atoms with Gasteiger partial charge in [0.1, 0.15) is 5.75 Å². The predicted octanol–water partition coefficient (Wildman–Crippen LogP) is 2.67. The van der Waals surface area contributed by atoms with Crippen molar-refractivity contribution in [3.8, 4) is 5.75 Å². The van der Waals surface area contributed by atoms with Crippen molar-refractivity contribution in [1.82, 2.24) is 0 Å². The first kappa shape index (κ1) is 16.2. The van der Waals surface area contributed by atoms with Gasteiger partial charge in [0.25, 0.3) is 5.91 Å². The van der Waals surface area contributed by atoms with E-state index in [0.717, 1.165) is 12.0 Å². The second kappa shape index (κ2) is 6.09. The van der Waals surface area contributed by atoms with Crippen molar-refractivity contribution < 1.29 is 19.4 Å². The van der Waals surface area contributed by atoms with Gasteiger partial charge in [-0.3, -0.25) is 9.59 Å². The van der Waals surface area contributed by atoms with Gasteiger partial charge in [-0.05, 0) is 42.3 Å². The van der Waals surface area contributed by atoms with Crippen LogP contribution in [0.3, 0.4) is 0 Å². The van der Waals surface area contributed by atoms with Gasteiger partial charge in [0.05, 0.1) is 13.5 Å². The average molecular weight is 325 g/mol. The molecule has 1 aliphatic heterocycles. The number of hydrogen-bond acceptors (Lipinski definition) is 4. The van der Waals surface area contributed by atoms with E-state index in [1.165, 1.54) is 0 Å². The molecule has 0 spiro atoms. The maximum atomic E-state index is 12.5. The van der Waals surface area contributed by atoms with E-state index in [-0.39, 0.29) is 12.2 Å². The van der Waals surface area contributed by atoms with Gasteiger partial charge in [-0.25, -0.2) is 0 Å². The van der Waals surface area contributed by atoms with Crippen LogP contribution in [0.2, 0.25) is 0 Å². The SMILES string of the molecule is CCc1ccc2c(c1)[C@](O)(CC(=O)c1ccc(OC)cc1)C(=O)N2. The summed E-state index contributed by atoms with van der Waals surface area (Å²) in [5, 5.41) is 13.6. The summed E-state index contributed by atoms with van der Waals surface area (Å²) in [6.45, 7) is 1.99. The molecule has 24 heavy (non-hydrogen) atoms. The zero-order valence-electron chi connectivity index (χ0n) is 13.6. The van der Waals surface area contributed by atoms with Gasteiger partial charge in [-0.15, -0.1) is 0 Å². The Labute approximate surface area is 140 Å². The van der Waals surface area contributed by atoms with Crippen LogP contribution in [0.25, 0.3) is 0 Å². The summed E-state index contributed by atoms with van der Waals surface area (Å²) in [4.78, 5) is 24.8. The molecule has 1 amide bonds. The highest BCUT2D eigenvalue weighted by atomic mass is 16.5. The number of carbonyl (C=O) groups is 2. The third kappa shape index (κ3) is 2.67. The Balaban J connectivity index is 1.91. The first-order chi connectivity index (χ1) is 11.5. The number of Topliss-reactive ketones (excluding diaryl/α,β-unsaturated/α-hetero) is 1. The Morgan fingerprint density at radius 1 is 1.21 bits per heavy atom. The lowest BCUT2D eigenvalue weighted by Crippen LogP contribution is -2.36. The third-order valence-electron chi connectivity index (χ3n) is 4.39. The summed E-state index contributed by atoms with van der Waals surface area (Å²) >= 11 is 0. The lowest BCUT2D eigenvalue weighted by atomic mass is 9.87. The van der Waals surface area contributed by atoms with Crippen LogP contribution in [-0.4, -0.2) is 23.9 Å². The highest BCUT2D eigenvalue weighted by Crippen LogP contribution is 2.39. The molecular weight excluding hydrogens is 306 g/mol. The number of aryl methyl sites for hydroxylation is 1. The number of ether oxygens (including phenoxy) is 1. The first-order valence-corrected chi connectivity index (χ1v) is 7.82. The minimum absolute atomic E-state index is 0.300. The van der Waals surface area contributed by atoms with E-state index in [0.29, 0.717) is 22.6 Å². The van der Waals surface area contributed by atoms with Crippen molar-refractivity contribution in [2.24, 2.45) is 0 Å². The number of ketones is 1. The number of fused-ring (bicyclic) bond motifs is 1. The van der Waals surface area contributed by atoms with Crippen molar-refractivity contribution in [2.75, 3.05) is 12.4 Å². The van der Waals surface area contributed by atoms with Crippen LogP contribution in [0.1, 0.15) is 34.8 Å². The zero-order valence-corrected chi connectivity index (χ0v) is 13.6. The molecule has 0 unspecified atom stereocenters. The fourth-order valence-corrected chi connectivity index (χ4v) is 2.90. The monoisotopic (exact) mass is 325 g/mol. The number of hydrogen-bond donors (Lipinski definition) is 2. The van der Waals surface area contributed by atoms with E-state index in [2.05, 4.69) is 5.32 Å². The van der Waals surface area contributed by atoms with Crippen molar-refractivity contribution in [2.45, 2.75) is 25.4 Å². The highest BCUT2D eigenvalue weighted by Gasteiger charge is 2.46. The Hall–Kier alpha value is -2.66. The van der Waals surface area contributed by atoms with Crippen molar-refractivity contribution in [3.05, 3.63) is 59.2 Å². The fourth-order valence-electron chi connectivity index (χ4n) is 2.90. The summed E-state index contributed by atoms with van der Waals surface area (Å²) in [5.74, 6) is -0.223. The average Bonchev–Trinajstić information content (AvgIpc) is 2.85. The van der Waals surface area contributed by atoms with E-state index in [1.54, 1.807) is 43.5 Å². The standard InChI is InChI=1S/C19H19NO4/c1-3-12-4-9-16-15(10-12)19(23,18(22)20-16)11-17(21)13-5-7-14(24-2)8-6-13/h4-10,23H,3,11H2,1-2H3,(H,20,22)/t19-/m1/s1. The Morgan fingerprint density at radius 2 is 1.92 bits per heavy atom. The summed E-state index contributed by atoms with van der Waals surface area (Å²) in [7, 11) is 1.55. The molecule has 0 saturated heterocycles. The largest absolute Gasteiger partial charge is 0.497 e. The van der Waals surface area contributed by atoms with Gasteiger partial charge in [0, 0.05) is 16.8 Å². The Morgan fingerprint density at radius 3 is 2.54 bits per heavy atom. The maximum Gasteiger partial charge on any atom is 0.261 e.